The van der Waals surface area contributed by atoms with Crippen LogP contribution in [0.2, 0.25) is 0 Å². The zero-order valence-electron chi connectivity index (χ0n) is 18.4. The van der Waals surface area contributed by atoms with Gasteiger partial charge in [-0.15, -0.1) is 0 Å². The first-order chi connectivity index (χ1) is 12.2. The first-order valence-electron chi connectivity index (χ1n) is 11.6. The monoisotopic (exact) mass is 360 g/mol. The van der Waals surface area contributed by atoms with Crippen LogP contribution < -0.4 is 0 Å². The number of nitrogens with zero attached hydrogens (tertiary/aromatic N) is 2. The maximum absolute atomic E-state index is 2.70. The highest BCUT2D eigenvalue weighted by atomic mass is 15.2. The molecule has 4 aliphatic heterocycles. The van der Waals surface area contributed by atoms with Crippen LogP contribution in [0.4, 0.5) is 0 Å². The Kier molecular flexibility index (Phi) is 5.01. The first-order valence-corrected chi connectivity index (χ1v) is 11.6. The van der Waals surface area contributed by atoms with Crippen molar-refractivity contribution in [3.63, 3.8) is 0 Å². The third kappa shape index (κ3) is 3.39. The molecule has 150 valence electrons. The van der Waals surface area contributed by atoms with E-state index in [0.717, 1.165) is 35.9 Å². The molecule has 0 aromatic rings. The lowest BCUT2D eigenvalue weighted by Gasteiger charge is -2.54. The molecule has 0 aromatic carbocycles. The van der Waals surface area contributed by atoms with Crippen LogP contribution in [0.15, 0.2) is 0 Å². The van der Waals surface area contributed by atoms with E-state index in [2.05, 4.69) is 51.6 Å². The van der Waals surface area contributed by atoms with E-state index in [0.29, 0.717) is 10.8 Å². The van der Waals surface area contributed by atoms with Gasteiger partial charge in [-0.2, -0.15) is 0 Å². The summed E-state index contributed by atoms with van der Waals surface area (Å²) in [5, 5.41) is 0. The molecule has 2 nitrogen and oxygen atoms in total. The molecule has 1 aliphatic carbocycles. The van der Waals surface area contributed by atoms with Crippen molar-refractivity contribution in [2.45, 2.75) is 104 Å². The van der Waals surface area contributed by atoms with Gasteiger partial charge in [-0.25, -0.2) is 0 Å². The average molecular weight is 361 g/mol. The van der Waals surface area contributed by atoms with Crippen LogP contribution >= 0.6 is 0 Å². The van der Waals surface area contributed by atoms with Crippen molar-refractivity contribution >= 4 is 0 Å². The number of fused-ring (bicyclic) bond motifs is 5. The van der Waals surface area contributed by atoms with E-state index in [1.165, 1.54) is 64.3 Å². The molecule has 5 rings (SSSR count). The molecule has 0 N–H and O–H groups in total. The third-order valence-electron chi connectivity index (χ3n) is 9.73. The summed E-state index contributed by atoms with van der Waals surface area (Å²) in [6.45, 7) is 11.8. The highest BCUT2D eigenvalue weighted by Crippen LogP contribution is 2.52. The molecular weight excluding hydrogens is 316 g/mol. The van der Waals surface area contributed by atoms with Gasteiger partial charge in [0, 0.05) is 24.7 Å². The van der Waals surface area contributed by atoms with E-state index >= 15 is 0 Å². The van der Waals surface area contributed by atoms with Gasteiger partial charge in [0.25, 0.3) is 0 Å². The molecule has 0 radical (unpaired) electrons. The van der Waals surface area contributed by atoms with Crippen LogP contribution in [0, 0.1) is 28.6 Å². The van der Waals surface area contributed by atoms with Crippen molar-refractivity contribution in [3.8, 4) is 0 Å². The fraction of sp³-hybridized carbons (Fsp3) is 1.00. The van der Waals surface area contributed by atoms with E-state index < -0.39 is 0 Å². The number of hydrogen-bond donors (Lipinski definition) is 0. The van der Waals surface area contributed by atoms with E-state index in [9.17, 15) is 0 Å². The average Bonchev–Trinajstić information content (AvgIpc) is 2.82. The first kappa shape index (κ1) is 19.2. The highest BCUT2D eigenvalue weighted by molar-refractivity contribution is 5.00. The van der Waals surface area contributed by atoms with Gasteiger partial charge in [0.15, 0.2) is 0 Å². The van der Waals surface area contributed by atoms with Crippen molar-refractivity contribution in [3.05, 3.63) is 0 Å². The summed E-state index contributed by atoms with van der Waals surface area (Å²) in [7, 11) is 4.74. The van der Waals surface area contributed by atoms with Crippen LogP contribution in [0.1, 0.15) is 85.5 Å². The summed E-state index contributed by atoms with van der Waals surface area (Å²) < 4.78 is 0. The molecule has 4 saturated heterocycles. The summed E-state index contributed by atoms with van der Waals surface area (Å²) in [6, 6.07) is 2.65. The third-order valence-corrected chi connectivity index (χ3v) is 9.73. The summed E-state index contributed by atoms with van der Waals surface area (Å²) in [5.74, 6) is 2.87. The number of piperidine rings is 3. The number of rotatable bonds is 5. The normalized spacial score (nSPS) is 41.8. The lowest BCUT2D eigenvalue weighted by molar-refractivity contribution is -0.0397. The van der Waals surface area contributed by atoms with Crippen LogP contribution in [0.3, 0.4) is 0 Å². The summed E-state index contributed by atoms with van der Waals surface area (Å²) in [5.41, 5.74) is 1.04. The Bertz CT molecular complexity index is 496. The Morgan fingerprint density at radius 3 is 1.85 bits per heavy atom. The van der Waals surface area contributed by atoms with Crippen molar-refractivity contribution in [1.82, 2.24) is 9.80 Å². The van der Waals surface area contributed by atoms with Gasteiger partial charge in [-0.3, -0.25) is 0 Å². The molecule has 0 spiro atoms. The number of hydrogen-bond acceptors (Lipinski definition) is 2. The van der Waals surface area contributed by atoms with Gasteiger partial charge in [-0.1, -0.05) is 27.7 Å². The van der Waals surface area contributed by atoms with Gasteiger partial charge in [-0.05, 0) is 100 Å². The quantitative estimate of drug-likeness (QED) is 0.645. The van der Waals surface area contributed by atoms with Crippen LogP contribution in [-0.4, -0.2) is 48.6 Å². The fourth-order valence-electron chi connectivity index (χ4n) is 7.39. The molecule has 5 fully saturated rings. The standard InChI is InChI=1S/C24H44N2/c1-23(2,18-13-20-9-10-21(14-18)26(20)6)11-12-24(3,4)22-15-19-8-7-17(22)16-25(19)5/h17-22H,7-16H2,1-6H3. The Morgan fingerprint density at radius 1 is 0.731 bits per heavy atom. The Hall–Kier alpha value is -0.0800. The minimum absolute atomic E-state index is 0.518. The van der Waals surface area contributed by atoms with Crippen molar-refractivity contribution in [2.24, 2.45) is 28.6 Å². The predicted octanol–water partition coefficient (Wildman–Crippen LogP) is 5.42. The second kappa shape index (κ2) is 6.76. The van der Waals surface area contributed by atoms with Gasteiger partial charge in [0.05, 0.1) is 0 Å². The summed E-state index contributed by atoms with van der Waals surface area (Å²) >= 11 is 0. The summed E-state index contributed by atoms with van der Waals surface area (Å²) in [4.78, 5) is 5.35. The molecule has 2 heteroatoms. The molecule has 0 aromatic heterocycles. The van der Waals surface area contributed by atoms with Crippen LogP contribution in [0.5, 0.6) is 0 Å². The Balaban J connectivity index is 1.36. The van der Waals surface area contributed by atoms with E-state index in [-0.39, 0.29) is 0 Å². The Labute approximate surface area is 163 Å². The molecule has 5 atom stereocenters. The van der Waals surface area contributed by atoms with Crippen molar-refractivity contribution < 1.29 is 0 Å². The molecule has 0 amide bonds. The zero-order valence-corrected chi connectivity index (χ0v) is 18.4. The van der Waals surface area contributed by atoms with Crippen molar-refractivity contribution in [2.75, 3.05) is 20.6 Å². The van der Waals surface area contributed by atoms with Crippen LogP contribution in [-0.2, 0) is 0 Å². The smallest absolute Gasteiger partial charge is 0.00985 e. The summed E-state index contributed by atoms with van der Waals surface area (Å²) in [6.07, 6.45) is 13.1. The minimum atomic E-state index is 0.518. The van der Waals surface area contributed by atoms with Gasteiger partial charge in [0.2, 0.25) is 0 Å². The van der Waals surface area contributed by atoms with Crippen molar-refractivity contribution in [1.29, 1.82) is 0 Å². The minimum Gasteiger partial charge on any atom is -0.303 e. The lowest BCUT2D eigenvalue weighted by atomic mass is 9.58. The van der Waals surface area contributed by atoms with Gasteiger partial charge < -0.3 is 9.80 Å². The lowest BCUT2D eigenvalue weighted by Crippen LogP contribution is -2.53. The van der Waals surface area contributed by atoms with E-state index in [1.54, 1.807) is 0 Å². The topological polar surface area (TPSA) is 6.48 Å². The fourth-order valence-corrected chi connectivity index (χ4v) is 7.39. The largest absolute Gasteiger partial charge is 0.303 e. The molecule has 4 bridgehead atoms. The molecule has 5 aliphatic rings. The maximum Gasteiger partial charge on any atom is 0.00985 e. The second-order valence-electron chi connectivity index (χ2n) is 12.0. The van der Waals surface area contributed by atoms with Gasteiger partial charge >= 0.3 is 0 Å². The molecule has 26 heavy (non-hydrogen) atoms. The Morgan fingerprint density at radius 2 is 1.31 bits per heavy atom. The molecule has 1 saturated carbocycles. The molecule has 4 heterocycles. The van der Waals surface area contributed by atoms with Gasteiger partial charge in [0.1, 0.15) is 0 Å². The highest BCUT2D eigenvalue weighted by Gasteiger charge is 2.47. The maximum atomic E-state index is 2.70. The zero-order chi connectivity index (χ0) is 18.7. The SMILES string of the molecule is CN1CC2CCC1CC2C(C)(C)CCC(C)(C)C1CC2CCC(C1)N2C. The molecular formula is C24H44N2. The predicted molar refractivity (Wildman–Crippen MR) is 111 cm³/mol. The van der Waals surface area contributed by atoms with E-state index in [1.807, 2.05) is 0 Å². The van der Waals surface area contributed by atoms with E-state index in [4.69, 9.17) is 0 Å². The molecule has 5 unspecified atom stereocenters. The second-order valence-corrected chi connectivity index (χ2v) is 12.0. The van der Waals surface area contributed by atoms with Crippen LogP contribution in [0.25, 0.3) is 0 Å².